The van der Waals surface area contributed by atoms with Crippen molar-refractivity contribution in [2.45, 2.75) is 33.6 Å². The van der Waals surface area contributed by atoms with Crippen LogP contribution in [-0.4, -0.2) is 29.9 Å². The van der Waals surface area contributed by atoms with Gasteiger partial charge >= 0.3 is 0 Å². The number of carbonyl (C=O) groups excluding carboxylic acids is 2. The third-order valence-corrected chi connectivity index (χ3v) is 6.34. The molecule has 0 bridgehead atoms. The lowest BCUT2D eigenvalue weighted by molar-refractivity contribution is -0.116. The Morgan fingerprint density at radius 1 is 0.865 bits per heavy atom. The number of nitrogens with one attached hydrogen (secondary N) is 1. The van der Waals surface area contributed by atoms with Gasteiger partial charge in [-0.2, -0.15) is 0 Å². The zero-order chi connectivity index (χ0) is 26.4. The van der Waals surface area contributed by atoms with Crippen molar-refractivity contribution in [3.8, 4) is 22.6 Å². The standard InChI is InChI=1S/C30H29BrN2O4/c1-4-36-27-14-10-21(16-28(27)37-5-2)26(34)13-15-30(35)33-29-18-23(20-8-6-19(3)7-9-20)24-17-22(31)11-12-25(24)32-29/h6-12,14,16-18H,4-5,13,15H2,1-3H3,(H,32,33,35). The molecule has 1 aromatic heterocycles. The summed E-state index contributed by atoms with van der Waals surface area (Å²) in [6, 6.07) is 21.1. The number of aryl methyl sites for hydroxylation is 1. The lowest BCUT2D eigenvalue weighted by Crippen LogP contribution is -2.14. The Morgan fingerprint density at radius 2 is 1.59 bits per heavy atom. The molecule has 1 N–H and O–H groups in total. The van der Waals surface area contributed by atoms with Gasteiger partial charge < -0.3 is 14.8 Å². The number of aromatic nitrogens is 1. The molecule has 0 aliphatic heterocycles. The van der Waals surface area contributed by atoms with E-state index in [0.717, 1.165) is 26.5 Å². The second kappa shape index (κ2) is 12.0. The Hall–Kier alpha value is -3.71. The minimum atomic E-state index is -0.275. The van der Waals surface area contributed by atoms with E-state index in [0.29, 0.717) is 36.1 Å². The first kappa shape index (κ1) is 26.4. The number of ketones is 1. The van der Waals surface area contributed by atoms with Crippen LogP contribution in [0.15, 0.2) is 71.2 Å². The van der Waals surface area contributed by atoms with E-state index < -0.39 is 0 Å². The molecule has 4 aromatic rings. The molecule has 0 unspecified atom stereocenters. The maximum absolute atomic E-state index is 12.8. The third kappa shape index (κ3) is 6.54. The molecule has 6 nitrogen and oxygen atoms in total. The van der Waals surface area contributed by atoms with Crippen molar-refractivity contribution in [3.63, 3.8) is 0 Å². The monoisotopic (exact) mass is 560 g/mol. The van der Waals surface area contributed by atoms with Crippen LogP contribution in [0, 0.1) is 6.92 Å². The Morgan fingerprint density at radius 3 is 2.32 bits per heavy atom. The molecular weight excluding hydrogens is 532 g/mol. The van der Waals surface area contributed by atoms with Crippen LogP contribution in [0.1, 0.15) is 42.6 Å². The fraction of sp³-hybridized carbons (Fsp3) is 0.233. The zero-order valence-corrected chi connectivity index (χ0v) is 22.7. The van der Waals surface area contributed by atoms with Gasteiger partial charge in [-0.25, -0.2) is 4.98 Å². The molecule has 1 heterocycles. The van der Waals surface area contributed by atoms with Crippen LogP contribution >= 0.6 is 15.9 Å². The number of amides is 1. The predicted octanol–water partition coefficient (Wildman–Crippen LogP) is 7.37. The number of benzene rings is 3. The Bertz CT molecular complexity index is 1430. The van der Waals surface area contributed by atoms with Crippen LogP contribution in [0.5, 0.6) is 11.5 Å². The van der Waals surface area contributed by atoms with Gasteiger partial charge in [0.25, 0.3) is 0 Å². The Balaban J connectivity index is 1.50. The summed E-state index contributed by atoms with van der Waals surface area (Å²) < 4.78 is 12.1. The van der Waals surface area contributed by atoms with Gasteiger partial charge in [-0.3, -0.25) is 9.59 Å². The summed E-state index contributed by atoms with van der Waals surface area (Å²) >= 11 is 3.54. The maximum Gasteiger partial charge on any atom is 0.225 e. The molecule has 3 aromatic carbocycles. The lowest BCUT2D eigenvalue weighted by Gasteiger charge is -2.13. The number of hydrogen-bond acceptors (Lipinski definition) is 5. The molecule has 0 saturated carbocycles. The van der Waals surface area contributed by atoms with E-state index >= 15 is 0 Å². The first-order valence-electron chi connectivity index (χ1n) is 12.3. The molecule has 0 radical (unpaired) electrons. The van der Waals surface area contributed by atoms with Crippen molar-refractivity contribution < 1.29 is 19.1 Å². The van der Waals surface area contributed by atoms with E-state index in [2.05, 4.69) is 50.5 Å². The summed E-state index contributed by atoms with van der Waals surface area (Å²) in [5.41, 5.74) is 4.42. The van der Waals surface area contributed by atoms with E-state index in [-0.39, 0.29) is 24.5 Å². The summed E-state index contributed by atoms with van der Waals surface area (Å²) in [6.45, 7) is 6.77. The van der Waals surface area contributed by atoms with Crippen LogP contribution < -0.4 is 14.8 Å². The van der Waals surface area contributed by atoms with E-state index in [4.69, 9.17) is 9.47 Å². The van der Waals surface area contributed by atoms with Gasteiger partial charge in [-0.1, -0.05) is 45.8 Å². The maximum atomic E-state index is 12.8. The third-order valence-electron chi connectivity index (χ3n) is 5.85. The van der Waals surface area contributed by atoms with Crippen molar-refractivity contribution in [2.75, 3.05) is 18.5 Å². The molecule has 0 aliphatic carbocycles. The number of Topliss-reactive ketones (excluding diaryl/α,β-unsaturated/α-hetero) is 1. The molecule has 0 spiro atoms. The summed E-state index contributed by atoms with van der Waals surface area (Å²) in [5, 5.41) is 3.85. The number of nitrogens with zero attached hydrogens (tertiary/aromatic N) is 1. The van der Waals surface area contributed by atoms with Gasteiger partial charge in [0, 0.05) is 28.3 Å². The van der Waals surface area contributed by atoms with Crippen molar-refractivity contribution in [3.05, 3.63) is 82.3 Å². The number of pyridine rings is 1. The lowest BCUT2D eigenvalue weighted by atomic mass is 10.00. The highest BCUT2D eigenvalue weighted by atomic mass is 79.9. The summed E-state index contributed by atoms with van der Waals surface area (Å²) in [7, 11) is 0. The van der Waals surface area contributed by atoms with Gasteiger partial charge in [-0.15, -0.1) is 0 Å². The highest BCUT2D eigenvalue weighted by molar-refractivity contribution is 9.10. The number of hydrogen-bond donors (Lipinski definition) is 1. The number of ether oxygens (including phenoxy) is 2. The smallest absolute Gasteiger partial charge is 0.225 e. The van der Waals surface area contributed by atoms with Crippen molar-refractivity contribution in [1.82, 2.24) is 4.98 Å². The summed E-state index contributed by atoms with van der Waals surface area (Å²) in [5.74, 6) is 1.15. The van der Waals surface area contributed by atoms with Crippen LogP contribution in [0.3, 0.4) is 0 Å². The van der Waals surface area contributed by atoms with E-state index in [1.165, 1.54) is 5.56 Å². The average Bonchev–Trinajstić information content (AvgIpc) is 2.89. The predicted molar refractivity (Wildman–Crippen MR) is 151 cm³/mol. The topological polar surface area (TPSA) is 77.5 Å². The molecule has 0 atom stereocenters. The summed E-state index contributed by atoms with van der Waals surface area (Å²) in [6.07, 6.45) is 0.104. The van der Waals surface area contributed by atoms with E-state index in [1.807, 2.05) is 45.0 Å². The van der Waals surface area contributed by atoms with Gasteiger partial charge in [0.15, 0.2) is 17.3 Å². The number of carbonyl (C=O) groups is 2. The Labute approximate surface area is 225 Å². The number of fused-ring (bicyclic) bond motifs is 1. The van der Waals surface area contributed by atoms with Gasteiger partial charge in [-0.05, 0) is 74.4 Å². The zero-order valence-electron chi connectivity index (χ0n) is 21.1. The van der Waals surface area contributed by atoms with Crippen LogP contribution in [0.2, 0.25) is 0 Å². The molecule has 37 heavy (non-hydrogen) atoms. The molecule has 190 valence electrons. The minimum absolute atomic E-state index is 0.0376. The largest absolute Gasteiger partial charge is 0.490 e. The Kier molecular flexibility index (Phi) is 8.56. The first-order valence-corrected chi connectivity index (χ1v) is 13.1. The molecular formula is C30H29BrN2O4. The minimum Gasteiger partial charge on any atom is -0.490 e. The molecule has 0 saturated heterocycles. The molecule has 4 rings (SSSR count). The van der Waals surface area contributed by atoms with Crippen molar-refractivity contribution in [2.24, 2.45) is 0 Å². The first-order chi connectivity index (χ1) is 17.9. The average molecular weight is 561 g/mol. The van der Waals surface area contributed by atoms with E-state index in [1.54, 1.807) is 18.2 Å². The van der Waals surface area contributed by atoms with Crippen LogP contribution in [0.4, 0.5) is 5.82 Å². The fourth-order valence-electron chi connectivity index (χ4n) is 4.04. The van der Waals surface area contributed by atoms with Gasteiger partial charge in [0.2, 0.25) is 5.91 Å². The molecule has 1 amide bonds. The van der Waals surface area contributed by atoms with Crippen molar-refractivity contribution >= 4 is 44.3 Å². The van der Waals surface area contributed by atoms with Crippen LogP contribution in [0.25, 0.3) is 22.0 Å². The second-order valence-corrected chi connectivity index (χ2v) is 9.50. The second-order valence-electron chi connectivity index (χ2n) is 8.58. The number of halogens is 1. The molecule has 0 fully saturated rings. The summed E-state index contributed by atoms with van der Waals surface area (Å²) in [4.78, 5) is 30.2. The number of anilines is 1. The molecule has 0 aliphatic rings. The highest BCUT2D eigenvalue weighted by Crippen LogP contribution is 2.33. The SMILES string of the molecule is CCOc1ccc(C(=O)CCC(=O)Nc2cc(-c3ccc(C)cc3)c3cc(Br)ccc3n2)cc1OCC. The van der Waals surface area contributed by atoms with E-state index in [9.17, 15) is 9.59 Å². The van der Waals surface area contributed by atoms with Gasteiger partial charge in [0.1, 0.15) is 5.82 Å². The molecule has 7 heteroatoms. The van der Waals surface area contributed by atoms with Gasteiger partial charge in [0.05, 0.1) is 18.7 Å². The van der Waals surface area contributed by atoms with Crippen molar-refractivity contribution in [1.29, 1.82) is 0 Å². The normalized spacial score (nSPS) is 10.8. The highest BCUT2D eigenvalue weighted by Gasteiger charge is 2.15. The number of rotatable bonds is 10. The quantitative estimate of drug-likeness (QED) is 0.205. The fourth-order valence-corrected chi connectivity index (χ4v) is 4.40. The van der Waals surface area contributed by atoms with Crippen LogP contribution in [-0.2, 0) is 4.79 Å².